The van der Waals surface area contributed by atoms with Crippen LogP contribution in [0.5, 0.6) is 0 Å². The van der Waals surface area contributed by atoms with Crippen LogP contribution in [0.3, 0.4) is 0 Å². The highest BCUT2D eigenvalue weighted by Gasteiger charge is 2.44. The van der Waals surface area contributed by atoms with Crippen LogP contribution in [0.15, 0.2) is 12.2 Å². The molecule has 1 fully saturated rings. The zero-order chi connectivity index (χ0) is 13.3. The van der Waals surface area contributed by atoms with E-state index in [1.807, 2.05) is 0 Å². The number of amides is 5. The van der Waals surface area contributed by atoms with Crippen molar-refractivity contribution in [3.8, 4) is 0 Å². The minimum absolute atomic E-state index is 0.246. The zero-order valence-electron chi connectivity index (χ0n) is 9.81. The molecule has 1 rings (SSSR count). The Labute approximate surface area is 98.0 Å². The van der Waals surface area contributed by atoms with E-state index >= 15 is 0 Å². The highest BCUT2D eigenvalue weighted by Crippen LogP contribution is 2.12. The van der Waals surface area contributed by atoms with Gasteiger partial charge in [0, 0.05) is 12.6 Å². The van der Waals surface area contributed by atoms with Gasteiger partial charge in [-0.05, 0) is 13.8 Å². The maximum Gasteiger partial charge on any atom is 0.335 e. The summed E-state index contributed by atoms with van der Waals surface area (Å²) >= 11 is 0. The van der Waals surface area contributed by atoms with Gasteiger partial charge in [0.15, 0.2) is 0 Å². The maximum atomic E-state index is 11.6. The number of likely N-dealkylation sites (N-methyl/N-ethyl adjacent to an activating group) is 1. The molecular weight excluding hydrogens is 226 g/mol. The molecule has 1 aliphatic rings. The van der Waals surface area contributed by atoms with E-state index < -0.39 is 29.9 Å². The lowest BCUT2D eigenvalue weighted by Crippen LogP contribution is -2.49. The molecule has 5 amide bonds. The highest BCUT2D eigenvalue weighted by atomic mass is 16.2. The minimum atomic E-state index is -0.952. The van der Waals surface area contributed by atoms with Crippen LogP contribution in [-0.2, 0) is 14.4 Å². The number of urea groups is 1. The molecule has 0 saturated carbocycles. The number of hydrogen-bond acceptors (Lipinski definition) is 4. The quantitative estimate of drug-likeness (QED) is 0.406. The van der Waals surface area contributed by atoms with E-state index in [2.05, 4.69) is 11.9 Å². The first-order chi connectivity index (χ1) is 7.77. The van der Waals surface area contributed by atoms with Gasteiger partial charge in [-0.2, -0.15) is 0 Å². The molecule has 0 spiro atoms. The lowest BCUT2D eigenvalue weighted by molar-refractivity contribution is -0.144. The van der Waals surface area contributed by atoms with Gasteiger partial charge in [0.25, 0.3) is 0 Å². The number of carbonyl (C=O) groups is 4. The lowest BCUT2D eigenvalue weighted by atomic mass is 10.3. The maximum absolute atomic E-state index is 11.6. The molecule has 0 aliphatic carbocycles. The summed E-state index contributed by atoms with van der Waals surface area (Å²) < 4.78 is 0. The average Bonchev–Trinajstić information content (AvgIpc) is 2.43. The molecule has 17 heavy (non-hydrogen) atoms. The van der Waals surface area contributed by atoms with E-state index in [-0.39, 0.29) is 5.57 Å². The van der Waals surface area contributed by atoms with Gasteiger partial charge >= 0.3 is 17.8 Å². The smallest absolute Gasteiger partial charge is 0.332 e. The number of imide groups is 2. The van der Waals surface area contributed by atoms with Crippen LogP contribution in [0, 0.1) is 0 Å². The zero-order valence-corrected chi connectivity index (χ0v) is 9.81. The molecule has 0 aromatic heterocycles. The molecule has 1 saturated heterocycles. The summed E-state index contributed by atoms with van der Waals surface area (Å²) in [5, 5.41) is 2.39. The summed E-state index contributed by atoms with van der Waals surface area (Å²) in [5.74, 6) is -2.35. The molecule has 7 heteroatoms. The van der Waals surface area contributed by atoms with E-state index in [1.165, 1.54) is 20.9 Å². The summed E-state index contributed by atoms with van der Waals surface area (Å²) in [6.45, 7) is 6.35. The number of nitrogens with one attached hydrogen (secondary N) is 1. The first-order valence-electron chi connectivity index (χ1n) is 4.89. The Balaban J connectivity index is 2.83. The summed E-state index contributed by atoms with van der Waals surface area (Å²) in [5.41, 5.74) is 0.246. The Morgan fingerprint density at radius 1 is 1.29 bits per heavy atom. The Bertz CT molecular complexity index is 429. The lowest BCUT2D eigenvalue weighted by Gasteiger charge is -2.22. The first kappa shape index (κ1) is 12.9. The van der Waals surface area contributed by atoms with E-state index in [0.29, 0.717) is 9.80 Å². The van der Waals surface area contributed by atoms with Crippen LogP contribution in [-0.4, -0.2) is 46.8 Å². The monoisotopic (exact) mass is 239 g/mol. The fourth-order valence-corrected chi connectivity index (χ4v) is 1.30. The molecule has 7 nitrogen and oxygen atoms in total. The van der Waals surface area contributed by atoms with E-state index in [1.54, 1.807) is 0 Å². The fraction of sp³-hybridized carbons (Fsp3) is 0.400. The van der Waals surface area contributed by atoms with Crippen LogP contribution < -0.4 is 5.32 Å². The summed E-state index contributed by atoms with van der Waals surface area (Å²) in [6.07, 6.45) is -0.895. The Morgan fingerprint density at radius 2 is 1.82 bits per heavy atom. The number of rotatable bonds is 3. The van der Waals surface area contributed by atoms with Crippen LogP contribution in [0.1, 0.15) is 13.8 Å². The summed E-state index contributed by atoms with van der Waals surface area (Å²) in [4.78, 5) is 47.0. The van der Waals surface area contributed by atoms with Crippen molar-refractivity contribution in [3.63, 3.8) is 0 Å². The van der Waals surface area contributed by atoms with Gasteiger partial charge in [-0.1, -0.05) is 6.58 Å². The van der Waals surface area contributed by atoms with Crippen molar-refractivity contribution in [2.45, 2.75) is 20.0 Å². The van der Waals surface area contributed by atoms with Gasteiger partial charge in [0.1, 0.15) is 6.17 Å². The molecule has 92 valence electrons. The molecule has 1 heterocycles. The highest BCUT2D eigenvalue weighted by molar-refractivity contribution is 6.44. The molecule has 0 bridgehead atoms. The van der Waals surface area contributed by atoms with E-state index in [4.69, 9.17) is 0 Å². The van der Waals surface area contributed by atoms with Gasteiger partial charge in [-0.3, -0.25) is 19.3 Å². The number of hydrogen-bond donors (Lipinski definition) is 1. The molecule has 1 N–H and O–H groups in total. The molecule has 1 aliphatic heterocycles. The largest absolute Gasteiger partial charge is 0.335 e. The standard InChI is InChI=1S/C10H13N3O4/c1-5(2)7(14)11-6(3)13-9(16)8(15)12(4)10(13)17/h6H,1H2,2-4H3,(H,11,14). The summed E-state index contributed by atoms with van der Waals surface area (Å²) in [6, 6.07) is -0.755. The third-order valence-electron chi connectivity index (χ3n) is 2.31. The number of carbonyl (C=O) groups excluding carboxylic acids is 4. The van der Waals surface area contributed by atoms with Crippen molar-refractivity contribution in [2.24, 2.45) is 0 Å². The average molecular weight is 239 g/mol. The van der Waals surface area contributed by atoms with Crippen LogP contribution in [0.25, 0.3) is 0 Å². The summed E-state index contributed by atoms with van der Waals surface area (Å²) in [7, 11) is 1.20. The van der Waals surface area contributed by atoms with Crippen LogP contribution in [0.2, 0.25) is 0 Å². The third-order valence-corrected chi connectivity index (χ3v) is 2.31. The normalized spacial score (nSPS) is 17.5. The predicted molar refractivity (Wildman–Crippen MR) is 57.4 cm³/mol. The third kappa shape index (κ3) is 2.17. The van der Waals surface area contributed by atoms with E-state index in [0.717, 1.165) is 0 Å². The van der Waals surface area contributed by atoms with Gasteiger partial charge in [-0.25, -0.2) is 9.69 Å². The van der Waals surface area contributed by atoms with Gasteiger partial charge < -0.3 is 5.32 Å². The topological polar surface area (TPSA) is 86.8 Å². The van der Waals surface area contributed by atoms with Gasteiger partial charge in [0.05, 0.1) is 0 Å². The second-order valence-corrected chi connectivity index (χ2v) is 3.75. The Kier molecular flexibility index (Phi) is 3.31. The van der Waals surface area contributed by atoms with Crippen molar-refractivity contribution in [1.29, 1.82) is 0 Å². The van der Waals surface area contributed by atoms with Gasteiger partial charge in [-0.15, -0.1) is 0 Å². The molecular formula is C10H13N3O4. The van der Waals surface area contributed by atoms with Crippen molar-refractivity contribution in [3.05, 3.63) is 12.2 Å². The van der Waals surface area contributed by atoms with Crippen molar-refractivity contribution < 1.29 is 19.2 Å². The minimum Gasteiger partial charge on any atom is -0.332 e. The van der Waals surface area contributed by atoms with E-state index in [9.17, 15) is 19.2 Å². The predicted octanol–water partition coefficient (Wildman–Crippen LogP) is -0.555. The molecule has 0 aromatic carbocycles. The van der Waals surface area contributed by atoms with Crippen molar-refractivity contribution >= 4 is 23.8 Å². The van der Waals surface area contributed by atoms with Crippen LogP contribution >= 0.6 is 0 Å². The van der Waals surface area contributed by atoms with Gasteiger partial charge in [0.2, 0.25) is 5.91 Å². The second-order valence-electron chi connectivity index (χ2n) is 3.75. The second kappa shape index (κ2) is 4.36. The molecule has 1 atom stereocenters. The Morgan fingerprint density at radius 3 is 2.18 bits per heavy atom. The number of nitrogens with zero attached hydrogens (tertiary/aromatic N) is 2. The molecule has 0 radical (unpaired) electrons. The van der Waals surface area contributed by atoms with Crippen LogP contribution in [0.4, 0.5) is 4.79 Å². The molecule has 1 unspecified atom stereocenters. The van der Waals surface area contributed by atoms with Crippen molar-refractivity contribution in [2.75, 3.05) is 7.05 Å². The van der Waals surface area contributed by atoms with Crippen molar-refractivity contribution in [1.82, 2.24) is 15.1 Å². The Hall–Kier alpha value is -2.18. The fourth-order valence-electron chi connectivity index (χ4n) is 1.30. The first-order valence-corrected chi connectivity index (χ1v) is 4.89. The SMILES string of the molecule is C=C(C)C(=O)NC(C)N1C(=O)C(=O)N(C)C1=O. The molecule has 0 aromatic rings.